The predicted octanol–water partition coefficient (Wildman–Crippen LogP) is 4.64. The SMILES string of the molecule is CC(C)c1c(F)cc(-c2ccc3nn(C)cc3c2)cc1F. The maximum Gasteiger partial charge on any atom is 0.130 e. The topological polar surface area (TPSA) is 17.8 Å². The van der Waals surface area contributed by atoms with E-state index in [9.17, 15) is 8.78 Å². The Kier molecular flexibility index (Phi) is 3.24. The zero-order valence-corrected chi connectivity index (χ0v) is 12.2. The van der Waals surface area contributed by atoms with Crippen molar-refractivity contribution in [1.82, 2.24) is 9.78 Å². The Morgan fingerprint density at radius 2 is 1.67 bits per heavy atom. The first kappa shape index (κ1) is 13.7. The number of hydrogen-bond acceptors (Lipinski definition) is 1. The average molecular weight is 286 g/mol. The van der Waals surface area contributed by atoms with Crippen molar-refractivity contribution in [3.8, 4) is 11.1 Å². The molecular formula is C17H16F2N2. The van der Waals surface area contributed by atoms with E-state index < -0.39 is 11.6 Å². The number of hydrogen-bond donors (Lipinski definition) is 0. The molecule has 0 aliphatic carbocycles. The Bertz CT molecular complexity index is 796. The second kappa shape index (κ2) is 4.95. The minimum absolute atomic E-state index is 0.140. The average Bonchev–Trinajstić information content (AvgIpc) is 2.76. The molecule has 3 aromatic rings. The molecule has 0 N–H and O–H groups in total. The molecule has 0 radical (unpaired) electrons. The quantitative estimate of drug-likeness (QED) is 0.671. The number of aromatic nitrogens is 2. The van der Waals surface area contributed by atoms with Crippen molar-refractivity contribution in [3.05, 3.63) is 53.7 Å². The highest BCUT2D eigenvalue weighted by atomic mass is 19.1. The van der Waals surface area contributed by atoms with Gasteiger partial charge in [0, 0.05) is 24.2 Å². The van der Waals surface area contributed by atoms with Crippen LogP contribution in [0.5, 0.6) is 0 Å². The van der Waals surface area contributed by atoms with Gasteiger partial charge in [-0.2, -0.15) is 5.10 Å². The summed E-state index contributed by atoms with van der Waals surface area (Å²) < 4.78 is 29.9. The first-order chi connectivity index (χ1) is 9.95. The van der Waals surface area contributed by atoms with Gasteiger partial charge in [-0.15, -0.1) is 0 Å². The highest BCUT2D eigenvalue weighted by Gasteiger charge is 2.15. The van der Waals surface area contributed by atoms with Crippen LogP contribution in [0.1, 0.15) is 25.3 Å². The van der Waals surface area contributed by atoms with Gasteiger partial charge in [-0.25, -0.2) is 8.78 Å². The van der Waals surface area contributed by atoms with Crippen LogP contribution in [0.3, 0.4) is 0 Å². The summed E-state index contributed by atoms with van der Waals surface area (Å²) in [6.07, 6.45) is 1.88. The fourth-order valence-corrected chi connectivity index (χ4v) is 2.63. The summed E-state index contributed by atoms with van der Waals surface area (Å²) in [5, 5.41) is 5.24. The van der Waals surface area contributed by atoms with Gasteiger partial charge in [-0.05, 0) is 41.3 Å². The van der Waals surface area contributed by atoms with Gasteiger partial charge < -0.3 is 0 Å². The van der Waals surface area contributed by atoms with E-state index in [1.807, 2.05) is 31.4 Å². The van der Waals surface area contributed by atoms with Gasteiger partial charge in [0.2, 0.25) is 0 Å². The van der Waals surface area contributed by atoms with Crippen LogP contribution in [0.25, 0.3) is 22.0 Å². The Hall–Kier alpha value is -2.23. The molecule has 0 saturated heterocycles. The molecule has 0 saturated carbocycles. The van der Waals surface area contributed by atoms with Gasteiger partial charge in [0.1, 0.15) is 11.6 Å². The Labute approximate surface area is 122 Å². The predicted molar refractivity (Wildman–Crippen MR) is 80.2 cm³/mol. The summed E-state index contributed by atoms with van der Waals surface area (Å²) in [5.41, 5.74) is 2.32. The van der Waals surface area contributed by atoms with Crippen molar-refractivity contribution in [2.45, 2.75) is 19.8 Å². The van der Waals surface area contributed by atoms with Crippen molar-refractivity contribution in [2.75, 3.05) is 0 Å². The van der Waals surface area contributed by atoms with Crippen LogP contribution in [-0.4, -0.2) is 9.78 Å². The van der Waals surface area contributed by atoms with E-state index in [-0.39, 0.29) is 11.5 Å². The summed E-state index contributed by atoms with van der Waals surface area (Å²) in [4.78, 5) is 0. The molecule has 0 aliphatic heterocycles. The van der Waals surface area contributed by atoms with E-state index in [4.69, 9.17) is 0 Å². The molecule has 0 atom stereocenters. The number of nitrogens with zero attached hydrogens (tertiary/aromatic N) is 2. The molecule has 0 spiro atoms. The standard InChI is InChI=1S/C17H16F2N2/c1-10(2)17-14(18)7-12(8-15(17)19)11-4-5-16-13(6-11)9-21(3)20-16/h4-10H,1-3H3. The highest BCUT2D eigenvalue weighted by molar-refractivity contribution is 5.84. The molecule has 21 heavy (non-hydrogen) atoms. The van der Waals surface area contributed by atoms with E-state index in [0.717, 1.165) is 16.5 Å². The lowest BCUT2D eigenvalue weighted by Crippen LogP contribution is -1.98. The summed E-state index contributed by atoms with van der Waals surface area (Å²) in [5.74, 6) is -1.17. The van der Waals surface area contributed by atoms with Gasteiger partial charge in [0.15, 0.2) is 0 Å². The summed E-state index contributed by atoms with van der Waals surface area (Å²) in [6, 6.07) is 8.38. The van der Waals surface area contributed by atoms with Crippen molar-refractivity contribution in [3.63, 3.8) is 0 Å². The van der Waals surface area contributed by atoms with Gasteiger partial charge in [-0.3, -0.25) is 4.68 Å². The van der Waals surface area contributed by atoms with E-state index in [0.29, 0.717) is 5.56 Å². The second-order valence-corrected chi connectivity index (χ2v) is 5.58. The van der Waals surface area contributed by atoms with E-state index in [2.05, 4.69) is 5.10 Å². The Balaban J connectivity index is 2.13. The summed E-state index contributed by atoms with van der Waals surface area (Å²) in [7, 11) is 1.84. The molecule has 2 aromatic carbocycles. The third-order valence-corrected chi connectivity index (χ3v) is 3.61. The summed E-state index contributed by atoms with van der Waals surface area (Å²) in [6.45, 7) is 3.56. The van der Waals surface area contributed by atoms with Crippen LogP contribution in [0.2, 0.25) is 0 Å². The molecule has 1 aromatic heterocycles. The molecule has 3 rings (SSSR count). The molecule has 4 heteroatoms. The summed E-state index contributed by atoms with van der Waals surface area (Å²) >= 11 is 0. The molecule has 0 unspecified atom stereocenters. The maximum absolute atomic E-state index is 14.1. The minimum atomic E-state index is -0.494. The van der Waals surface area contributed by atoms with Crippen molar-refractivity contribution in [1.29, 1.82) is 0 Å². The zero-order chi connectivity index (χ0) is 15.1. The fraction of sp³-hybridized carbons (Fsp3) is 0.235. The minimum Gasteiger partial charge on any atom is -0.275 e. The molecule has 2 nitrogen and oxygen atoms in total. The van der Waals surface area contributed by atoms with Gasteiger partial charge >= 0.3 is 0 Å². The first-order valence-corrected chi connectivity index (χ1v) is 6.88. The third-order valence-electron chi connectivity index (χ3n) is 3.61. The molecule has 0 aliphatic rings. The molecule has 0 fully saturated rings. The largest absolute Gasteiger partial charge is 0.275 e. The molecule has 0 amide bonds. The van der Waals surface area contributed by atoms with Crippen molar-refractivity contribution < 1.29 is 8.78 Å². The number of rotatable bonds is 2. The van der Waals surface area contributed by atoms with Crippen LogP contribution in [0.4, 0.5) is 8.78 Å². The lowest BCUT2D eigenvalue weighted by Gasteiger charge is -2.11. The van der Waals surface area contributed by atoms with Gasteiger partial charge in [0.25, 0.3) is 0 Å². The molecule has 0 bridgehead atoms. The van der Waals surface area contributed by atoms with E-state index in [1.54, 1.807) is 18.5 Å². The van der Waals surface area contributed by atoms with Crippen LogP contribution in [0, 0.1) is 11.6 Å². The number of benzene rings is 2. The third kappa shape index (κ3) is 2.42. The lowest BCUT2D eigenvalue weighted by atomic mass is 9.97. The number of halogens is 2. The van der Waals surface area contributed by atoms with Gasteiger partial charge in [-0.1, -0.05) is 19.9 Å². The molecule has 108 valence electrons. The number of fused-ring (bicyclic) bond motifs is 1. The van der Waals surface area contributed by atoms with Crippen molar-refractivity contribution in [2.24, 2.45) is 7.05 Å². The Morgan fingerprint density at radius 1 is 1.00 bits per heavy atom. The maximum atomic E-state index is 14.1. The smallest absolute Gasteiger partial charge is 0.130 e. The van der Waals surface area contributed by atoms with Crippen LogP contribution >= 0.6 is 0 Å². The highest BCUT2D eigenvalue weighted by Crippen LogP contribution is 2.30. The number of aryl methyl sites for hydroxylation is 1. The fourth-order valence-electron chi connectivity index (χ4n) is 2.63. The zero-order valence-electron chi connectivity index (χ0n) is 12.2. The monoisotopic (exact) mass is 286 g/mol. The van der Waals surface area contributed by atoms with E-state index >= 15 is 0 Å². The normalized spacial score (nSPS) is 11.5. The lowest BCUT2D eigenvalue weighted by molar-refractivity contribution is 0.542. The van der Waals surface area contributed by atoms with Crippen LogP contribution in [0.15, 0.2) is 36.5 Å². The second-order valence-electron chi connectivity index (χ2n) is 5.58. The van der Waals surface area contributed by atoms with Crippen LogP contribution in [-0.2, 0) is 7.05 Å². The Morgan fingerprint density at radius 3 is 2.29 bits per heavy atom. The molecular weight excluding hydrogens is 270 g/mol. The van der Waals surface area contributed by atoms with E-state index in [1.165, 1.54) is 12.1 Å². The molecule has 1 heterocycles. The first-order valence-electron chi connectivity index (χ1n) is 6.88. The van der Waals surface area contributed by atoms with Crippen LogP contribution < -0.4 is 0 Å². The van der Waals surface area contributed by atoms with Gasteiger partial charge in [0.05, 0.1) is 5.52 Å². The van der Waals surface area contributed by atoms with Crippen molar-refractivity contribution >= 4 is 10.9 Å².